The minimum Gasteiger partial charge on any atom is -0.307 e. The summed E-state index contributed by atoms with van der Waals surface area (Å²) in [6.07, 6.45) is 2.48. The maximum atomic E-state index is 12.8. The van der Waals surface area contributed by atoms with Crippen LogP contribution in [0.1, 0.15) is 31.4 Å². The lowest BCUT2D eigenvalue weighted by Gasteiger charge is -2.14. The quantitative estimate of drug-likeness (QED) is 0.813. The van der Waals surface area contributed by atoms with Crippen LogP contribution in [0.2, 0.25) is 5.02 Å². The minimum absolute atomic E-state index is 0.204. The van der Waals surface area contributed by atoms with E-state index in [2.05, 4.69) is 12.2 Å². The fraction of sp³-hybridized carbons (Fsp3) is 0.455. The Morgan fingerprint density at radius 3 is 2.79 bits per heavy atom. The van der Waals surface area contributed by atoms with Gasteiger partial charge in [-0.25, -0.2) is 4.39 Å². The van der Waals surface area contributed by atoms with Crippen molar-refractivity contribution in [3.63, 3.8) is 0 Å². The highest BCUT2D eigenvalue weighted by Crippen LogP contribution is 2.28. The molecule has 0 bridgehead atoms. The molecule has 0 aliphatic heterocycles. The number of benzene rings is 1. The van der Waals surface area contributed by atoms with Gasteiger partial charge in [0.25, 0.3) is 0 Å². The van der Waals surface area contributed by atoms with Crippen LogP contribution >= 0.6 is 11.6 Å². The summed E-state index contributed by atoms with van der Waals surface area (Å²) in [5.41, 5.74) is 0.972. The van der Waals surface area contributed by atoms with Crippen molar-refractivity contribution in [2.24, 2.45) is 0 Å². The SMILES string of the molecule is C[C@H](NC1CC1)c1ccc(F)cc1Cl. The third-order valence-corrected chi connectivity index (χ3v) is 2.82. The normalized spacial score (nSPS) is 18.2. The second kappa shape index (κ2) is 3.87. The zero-order valence-electron chi connectivity index (χ0n) is 8.06. The Morgan fingerprint density at radius 1 is 1.50 bits per heavy atom. The highest BCUT2D eigenvalue weighted by atomic mass is 35.5. The predicted molar refractivity (Wildman–Crippen MR) is 56.0 cm³/mol. The van der Waals surface area contributed by atoms with E-state index < -0.39 is 0 Å². The molecule has 1 aliphatic rings. The maximum absolute atomic E-state index is 12.8. The highest BCUT2D eigenvalue weighted by molar-refractivity contribution is 6.31. The molecule has 1 nitrogen and oxygen atoms in total. The number of hydrogen-bond donors (Lipinski definition) is 1. The molecule has 3 heteroatoms. The van der Waals surface area contributed by atoms with Crippen molar-refractivity contribution in [1.29, 1.82) is 0 Å². The zero-order chi connectivity index (χ0) is 10.1. The van der Waals surface area contributed by atoms with Gasteiger partial charge in [-0.2, -0.15) is 0 Å². The van der Waals surface area contributed by atoms with E-state index in [1.165, 1.54) is 25.0 Å². The van der Waals surface area contributed by atoms with Crippen LogP contribution in [0.3, 0.4) is 0 Å². The first-order valence-electron chi connectivity index (χ1n) is 4.88. The molecule has 1 aromatic carbocycles. The predicted octanol–water partition coefficient (Wildman–Crippen LogP) is 3.29. The average Bonchev–Trinajstić information content (AvgIpc) is 2.87. The Kier molecular flexibility index (Phi) is 2.75. The molecule has 1 N–H and O–H groups in total. The van der Waals surface area contributed by atoms with Crippen molar-refractivity contribution in [3.8, 4) is 0 Å². The molecule has 0 heterocycles. The van der Waals surface area contributed by atoms with Gasteiger partial charge in [-0.15, -0.1) is 0 Å². The minimum atomic E-state index is -0.280. The number of rotatable bonds is 3. The van der Waals surface area contributed by atoms with Crippen LogP contribution < -0.4 is 5.32 Å². The van der Waals surface area contributed by atoms with Gasteiger partial charge in [-0.3, -0.25) is 0 Å². The second-order valence-corrected chi connectivity index (χ2v) is 4.24. The van der Waals surface area contributed by atoms with Crippen LogP contribution in [0.25, 0.3) is 0 Å². The Hall–Kier alpha value is -0.600. The molecule has 1 atom stereocenters. The molecule has 0 radical (unpaired) electrons. The van der Waals surface area contributed by atoms with E-state index in [0.29, 0.717) is 11.1 Å². The van der Waals surface area contributed by atoms with E-state index >= 15 is 0 Å². The lowest BCUT2D eigenvalue weighted by atomic mass is 10.1. The first-order valence-corrected chi connectivity index (χ1v) is 5.25. The van der Waals surface area contributed by atoms with Crippen LogP contribution in [0.4, 0.5) is 4.39 Å². The van der Waals surface area contributed by atoms with Gasteiger partial charge < -0.3 is 5.32 Å². The molecular weight excluding hydrogens is 201 g/mol. The summed E-state index contributed by atoms with van der Waals surface area (Å²) < 4.78 is 12.8. The molecule has 76 valence electrons. The third-order valence-electron chi connectivity index (χ3n) is 2.49. The maximum Gasteiger partial charge on any atom is 0.124 e. The van der Waals surface area contributed by atoms with Gasteiger partial charge in [0.1, 0.15) is 5.82 Å². The molecule has 0 unspecified atom stereocenters. The average molecular weight is 214 g/mol. The smallest absolute Gasteiger partial charge is 0.124 e. The van der Waals surface area contributed by atoms with Crippen molar-refractivity contribution in [2.45, 2.75) is 31.8 Å². The monoisotopic (exact) mass is 213 g/mol. The van der Waals surface area contributed by atoms with Gasteiger partial charge >= 0.3 is 0 Å². The van der Waals surface area contributed by atoms with E-state index in [4.69, 9.17) is 11.6 Å². The lowest BCUT2D eigenvalue weighted by molar-refractivity contribution is 0.568. The summed E-state index contributed by atoms with van der Waals surface area (Å²) in [4.78, 5) is 0. The third kappa shape index (κ3) is 2.25. The molecule has 0 saturated heterocycles. The molecule has 1 aromatic rings. The van der Waals surface area contributed by atoms with E-state index in [1.54, 1.807) is 6.07 Å². The summed E-state index contributed by atoms with van der Waals surface area (Å²) in [5, 5.41) is 3.93. The van der Waals surface area contributed by atoms with Gasteiger partial charge in [0.05, 0.1) is 0 Å². The topological polar surface area (TPSA) is 12.0 Å². The number of nitrogens with one attached hydrogen (secondary N) is 1. The van der Waals surface area contributed by atoms with Crippen LogP contribution in [0, 0.1) is 5.82 Å². The molecule has 14 heavy (non-hydrogen) atoms. The molecule has 0 aromatic heterocycles. The van der Waals surface area contributed by atoms with E-state index in [-0.39, 0.29) is 11.9 Å². The standard InChI is InChI=1S/C11H13ClFN/c1-7(14-9-3-4-9)10-5-2-8(13)6-11(10)12/h2,5-7,9,14H,3-4H2,1H3/t7-/m0/s1. The molecule has 0 amide bonds. The number of hydrogen-bond acceptors (Lipinski definition) is 1. The summed E-state index contributed by atoms with van der Waals surface area (Å²) in [5.74, 6) is -0.280. The fourth-order valence-corrected chi connectivity index (χ4v) is 1.88. The van der Waals surface area contributed by atoms with E-state index in [1.807, 2.05) is 0 Å². The largest absolute Gasteiger partial charge is 0.307 e. The van der Waals surface area contributed by atoms with Crippen molar-refractivity contribution in [3.05, 3.63) is 34.6 Å². The van der Waals surface area contributed by atoms with Crippen LogP contribution in [-0.2, 0) is 0 Å². The molecule has 1 aliphatic carbocycles. The molecule has 1 saturated carbocycles. The van der Waals surface area contributed by atoms with Gasteiger partial charge in [0, 0.05) is 17.1 Å². The van der Waals surface area contributed by atoms with Crippen molar-refractivity contribution >= 4 is 11.6 Å². The summed E-state index contributed by atoms with van der Waals surface area (Å²) in [7, 11) is 0. The van der Waals surface area contributed by atoms with E-state index in [0.717, 1.165) is 5.56 Å². The van der Waals surface area contributed by atoms with Gasteiger partial charge in [0.15, 0.2) is 0 Å². The summed E-state index contributed by atoms with van der Waals surface area (Å²) in [6.45, 7) is 2.05. The highest BCUT2D eigenvalue weighted by Gasteiger charge is 2.23. The summed E-state index contributed by atoms with van der Waals surface area (Å²) in [6, 6.07) is 5.40. The molecular formula is C11H13ClFN. The molecule has 0 spiro atoms. The van der Waals surface area contributed by atoms with Gasteiger partial charge in [0.2, 0.25) is 0 Å². The molecule has 1 fully saturated rings. The first-order chi connectivity index (χ1) is 6.66. The van der Waals surface area contributed by atoms with Crippen LogP contribution in [0.5, 0.6) is 0 Å². The zero-order valence-corrected chi connectivity index (χ0v) is 8.81. The summed E-state index contributed by atoms with van der Waals surface area (Å²) >= 11 is 5.95. The lowest BCUT2D eigenvalue weighted by Crippen LogP contribution is -2.20. The van der Waals surface area contributed by atoms with Gasteiger partial charge in [-0.05, 0) is 37.5 Å². The van der Waals surface area contributed by atoms with Crippen molar-refractivity contribution in [1.82, 2.24) is 5.32 Å². The fourth-order valence-electron chi connectivity index (χ4n) is 1.55. The molecule has 2 rings (SSSR count). The van der Waals surface area contributed by atoms with Crippen LogP contribution in [0.15, 0.2) is 18.2 Å². The Balaban J connectivity index is 2.13. The Bertz CT molecular complexity index is 336. The first kappa shape index (κ1) is 9.94. The van der Waals surface area contributed by atoms with Crippen molar-refractivity contribution < 1.29 is 4.39 Å². The van der Waals surface area contributed by atoms with Crippen LogP contribution in [-0.4, -0.2) is 6.04 Å². The van der Waals surface area contributed by atoms with Gasteiger partial charge in [-0.1, -0.05) is 17.7 Å². The number of halogens is 2. The second-order valence-electron chi connectivity index (χ2n) is 3.83. The Morgan fingerprint density at radius 2 is 2.21 bits per heavy atom. The van der Waals surface area contributed by atoms with Crippen molar-refractivity contribution in [2.75, 3.05) is 0 Å². The Labute approximate surface area is 88.3 Å². The van der Waals surface area contributed by atoms with E-state index in [9.17, 15) is 4.39 Å².